The fraction of sp³-hybridized carbons (Fsp3) is 0.385. The van der Waals surface area contributed by atoms with Crippen molar-refractivity contribution in [1.82, 2.24) is 15.7 Å². The van der Waals surface area contributed by atoms with E-state index >= 15 is 0 Å². The van der Waals surface area contributed by atoms with Gasteiger partial charge in [-0.3, -0.25) is 9.59 Å². The zero-order valence-corrected chi connectivity index (χ0v) is 11.3. The summed E-state index contributed by atoms with van der Waals surface area (Å²) in [6.07, 6.45) is 2.40. The van der Waals surface area contributed by atoms with Crippen LogP contribution in [0.1, 0.15) is 18.4 Å². The number of nitrogens with zero attached hydrogens (tertiary/aromatic N) is 2. The second-order valence-corrected chi connectivity index (χ2v) is 4.45. The largest absolute Gasteiger partial charge is 0.368 e. The number of hydrogen-bond acceptors (Lipinski definition) is 5. The number of hydrazone groups is 1. The first-order valence-corrected chi connectivity index (χ1v) is 6.46. The number of carbonyl (C=O) groups is 2. The van der Waals surface area contributed by atoms with E-state index in [0.717, 1.165) is 11.4 Å². The van der Waals surface area contributed by atoms with Crippen LogP contribution in [0.4, 0.5) is 5.82 Å². The minimum Gasteiger partial charge on any atom is -0.368 e. The first kappa shape index (κ1) is 14.0. The van der Waals surface area contributed by atoms with Crippen LogP contribution in [0.15, 0.2) is 23.4 Å². The van der Waals surface area contributed by atoms with Crippen molar-refractivity contribution >= 4 is 23.3 Å². The molecule has 0 aliphatic carbocycles. The fourth-order valence-electron chi connectivity index (χ4n) is 1.77. The molecule has 0 bridgehead atoms. The van der Waals surface area contributed by atoms with E-state index in [4.69, 9.17) is 0 Å². The van der Waals surface area contributed by atoms with Gasteiger partial charge < -0.3 is 10.6 Å². The molecule has 2 heterocycles. The first-order chi connectivity index (χ1) is 9.66. The maximum Gasteiger partial charge on any atom is 0.267 e. The number of pyridine rings is 1. The molecule has 0 unspecified atom stereocenters. The lowest BCUT2D eigenvalue weighted by Crippen LogP contribution is -2.38. The summed E-state index contributed by atoms with van der Waals surface area (Å²) in [6.45, 7) is 3.00. The summed E-state index contributed by atoms with van der Waals surface area (Å²) in [5.74, 6) is 0.405. The average molecular weight is 275 g/mol. The molecule has 2 rings (SSSR count). The number of aromatic nitrogens is 1. The molecule has 7 nitrogen and oxygen atoms in total. The van der Waals surface area contributed by atoms with Gasteiger partial charge in [0.2, 0.25) is 5.91 Å². The van der Waals surface area contributed by atoms with Gasteiger partial charge in [-0.1, -0.05) is 6.07 Å². The van der Waals surface area contributed by atoms with Crippen LogP contribution in [0.3, 0.4) is 0 Å². The molecule has 0 atom stereocenters. The molecule has 1 aromatic rings. The van der Waals surface area contributed by atoms with Crippen LogP contribution in [0.5, 0.6) is 0 Å². The van der Waals surface area contributed by atoms with Gasteiger partial charge in [0.15, 0.2) is 0 Å². The van der Waals surface area contributed by atoms with Crippen molar-refractivity contribution in [3.8, 4) is 0 Å². The van der Waals surface area contributed by atoms with Gasteiger partial charge in [0.25, 0.3) is 5.91 Å². The Hall–Kier alpha value is -2.44. The summed E-state index contributed by atoms with van der Waals surface area (Å²) in [6, 6.07) is 3.84. The number of amides is 2. The lowest BCUT2D eigenvalue weighted by Gasteiger charge is -2.12. The highest BCUT2D eigenvalue weighted by Crippen LogP contribution is 2.07. The van der Waals surface area contributed by atoms with Crippen LogP contribution in [0.25, 0.3) is 0 Å². The Bertz CT molecular complexity index is 541. The normalized spacial score (nSPS) is 14.2. The van der Waals surface area contributed by atoms with Crippen molar-refractivity contribution in [3.63, 3.8) is 0 Å². The summed E-state index contributed by atoms with van der Waals surface area (Å²) in [7, 11) is 0. The van der Waals surface area contributed by atoms with Crippen molar-refractivity contribution in [2.24, 2.45) is 5.10 Å². The van der Waals surface area contributed by atoms with Gasteiger partial charge in [-0.2, -0.15) is 5.10 Å². The molecule has 0 spiro atoms. The summed E-state index contributed by atoms with van der Waals surface area (Å²) >= 11 is 0. The SMILES string of the molecule is Cc1cccnc1NCCNC(=O)C1=NNC(=O)CC1. The molecule has 2 amide bonds. The molecule has 1 aromatic heterocycles. The van der Waals surface area contributed by atoms with Crippen LogP contribution in [-0.4, -0.2) is 35.6 Å². The van der Waals surface area contributed by atoms with Gasteiger partial charge in [-0.05, 0) is 18.6 Å². The van der Waals surface area contributed by atoms with E-state index in [1.54, 1.807) is 6.20 Å². The van der Waals surface area contributed by atoms with E-state index in [2.05, 4.69) is 26.1 Å². The van der Waals surface area contributed by atoms with Crippen molar-refractivity contribution in [2.45, 2.75) is 19.8 Å². The zero-order valence-electron chi connectivity index (χ0n) is 11.3. The minimum atomic E-state index is -0.246. The number of carbonyl (C=O) groups excluding carboxylic acids is 2. The van der Waals surface area contributed by atoms with E-state index in [-0.39, 0.29) is 11.8 Å². The molecule has 0 radical (unpaired) electrons. The first-order valence-electron chi connectivity index (χ1n) is 6.46. The summed E-state index contributed by atoms with van der Waals surface area (Å²) < 4.78 is 0. The smallest absolute Gasteiger partial charge is 0.267 e. The Balaban J connectivity index is 1.72. The Morgan fingerprint density at radius 3 is 2.95 bits per heavy atom. The molecule has 1 aliphatic heterocycles. The minimum absolute atomic E-state index is 0.158. The van der Waals surface area contributed by atoms with Crippen LogP contribution < -0.4 is 16.1 Å². The molecule has 3 N–H and O–H groups in total. The van der Waals surface area contributed by atoms with Crippen LogP contribution in [-0.2, 0) is 9.59 Å². The second kappa shape index (κ2) is 6.65. The quantitative estimate of drug-likeness (QED) is 0.668. The predicted molar refractivity (Wildman–Crippen MR) is 75.3 cm³/mol. The predicted octanol–water partition coefficient (Wildman–Crippen LogP) is 0.184. The monoisotopic (exact) mass is 275 g/mol. The number of anilines is 1. The highest BCUT2D eigenvalue weighted by molar-refractivity contribution is 6.39. The second-order valence-electron chi connectivity index (χ2n) is 4.45. The van der Waals surface area contributed by atoms with Crippen LogP contribution in [0.2, 0.25) is 0 Å². The summed E-state index contributed by atoms with van der Waals surface area (Å²) in [5, 5.41) is 9.62. The van der Waals surface area contributed by atoms with Crippen molar-refractivity contribution in [1.29, 1.82) is 0 Å². The number of hydrogen-bond donors (Lipinski definition) is 3. The fourth-order valence-corrected chi connectivity index (χ4v) is 1.77. The van der Waals surface area contributed by atoms with E-state index in [9.17, 15) is 9.59 Å². The Morgan fingerprint density at radius 2 is 2.25 bits per heavy atom. The van der Waals surface area contributed by atoms with Gasteiger partial charge in [-0.25, -0.2) is 10.4 Å². The molecule has 0 aromatic carbocycles. The number of rotatable bonds is 5. The van der Waals surface area contributed by atoms with Gasteiger partial charge in [-0.15, -0.1) is 0 Å². The van der Waals surface area contributed by atoms with E-state index in [1.807, 2.05) is 19.1 Å². The van der Waals surface area contributed by atoms with E-state index < -0.39 is 0 Å². The Morgan fingerprint density at radius 1 is 1.40 bits per heavy atom. The number of nitrogens with one attached hydrogen (secondary N) is 3. The summed E-state index contributed by atoms with van der Waals surface area (Å²) in [5.41, 5.74) is 3.71. The Labute approximate surface area is 116 Å². The highest BCUT2D eigenvalue weighted by atomic mass is 16.2. The molecule has 1 aliphatic rings. The van der Waals surface area contributed by atoms with Crippen molar-refractivity contribution in [2.75, 3.05) is 18.4 Å². The van der Waals surface area contributed by atoms with Gasteiger partial charge in [0.1, 0.15) is 11.5 Å². The molecule has 7 heteroatoms. The standard InChI is InChI=1S/C13H17N5O2/c1-9-3-2-6-14-12(9)15-7-8-16-13(20)10-4-5-11(19)18-17-10/h2-3,6H,4-5,7-8H2,1H3,(H,14,15)(H,16,20)(H,18,19). The van der Waals surface area contributed by atoms with Gasteiger partial charge in [0, 0.05) is 32.1 Å². The van der Waals surface area contributed by atoms with Crippen molar-refractivity contribution in [3.05, 3.63) is 23.9 Å². The Kier molecular flexibility index (Phi) is 4.65. The third-order valence-electron chi connectivity index (χ3n) is 2.88. The van der Waals surface area contributed by atoms with Crippen molar-refractivity contribution < 1.29 is 9.59 Å². The van der Waals surface area contributed by atoms with Gasteiger partial charge in [0.05, 0.1) is 0 Å². The third kappa shape index (κ3) is 3.78. The molecule has 106 valence electrons. The zero-order chi connectivity index (χ0) is 14.4. The summed E-state index contributed by atoms with van der Waals surface area (Å²) in [4.78, 5) is 26.9. The van der Waals surface area contributed by atoms with Crippen LogP contribution >= 0.6 is 0 Å². The lowest BCUT2D eigenvalue weighted by molar-refractivity contribution is -0.121. The lowest BCUT2D eigenvalue weighted by atomic mass is 10.1. The van der Waals surface area contributed by atoms with Crippen LogP contribution in [0, 0.1) is 6.92 Å². The molecule has 0 saturated heterocycles. The highest BCUT2D eigenvalue weighted by Gasteiger charge is 2.17. The molecule has 0 saturated carbocycles. The average Bonchev–Trinajstić information content (AvgIpc) is 2.46. The molecule has 20 heavy (non-hydrogen) atoms. The number of aryl methyl sites for hydroxylation is 1. The van der Waals surface area contributed by atoms with E-state index in [1.165, 1.54) is 0 Å². The van der Waals surface area contributed by atoms with E-state index in [0.29, 0.717) is 31.6 Å². The molecule has 0 fully saturated rings. The maximum atomic E-state index is 11.7. The third-order valence-corrected chi connectivity index (χ3v) is 2.88. The van der Waals surface area contributed by atoms with Gasteiger partial charge >= 0.3 is 0 Å². The maximum absolute atomic E-state index is 11.7. The topological polar surface area (TPSA) is 95.5 Å². The molecular formula is C13H17N5O2. The molecular weight excluding hydrogens is 258 g/mol.